The smallest absolute Gasteiger partial charge is 0.254 e. The summed E-state index contributed by atoms with van der Waals surface area (Å²) in [7, 11) is -4.00. The average molecular weight is 437 g/mol. The Labute approximate surface area is 173 Å². The van der Waals surface area contributed by atoms with E-state index < -0.39 is 21.7 Å². The number of halogens is 2. The van der Waals surface area contributed by atoms with Crippen LogP contribution in [-0.4, -0.2) is 55.6 Å². The van der Waals surface area contributed by atoms with Crippen molar-refractivity contribution in [2.75, 3.05) is 31.5 Å². The largest absolute Gasteiger partial charge is 0.336 e. The molecule has 0 unspecified atom stereocenters. The predicted octanol–water partition coefficient (Wildman–Crippen LogP) is 2.46. The maximum atomic E-state index is 13.4. The Hall–Kier alpha value is -2.85. The molecule has 0 aliphatic carbocycles. The van der Waals surface area contributed by atoms with Crippen molar-refractivity contribution in [2.45, 2.75) is 18.2 Å². The number of hydrogen-bond donors (Lipinski definition) is 1. The fraction of sp³-hybridized carbons (Fsp3) is 0.300. The molecule has 2 amide bonds. The normalized spacial score (nSPS) is 15.1. The van der Waals surface area contributed by atoms with Crippen LogP contribution in [-0.2, 0) is 14.8 Å². The van der Waals surface area contributed by atoms with Gasteiger partial charge in [0.25, 0.3) is 5.91 Å². The minimum absolute atomic E-state index is 0.0271. The van der Waals surface area contributed by atoms with E-state index in [1.54, 1.807) is 31.2 Å². The highest BCUT2D eigenvalue weighted by atomic mass is 32.2. The lowest BCUT2D eigenvalue weighted by atomic mass is 10.1. The average Bonchev–Trinajstić information content (AvgIpc) is 2.75. The number of anilines is 1. The molecule has 2 aromatic rings. The van der Waals surface area contributed by atoms with Gasteiger partial charge in [-0.25, -0.2) is 17.2 Å². The lowest BCUT2D eigenvalue weighted by molar-refractivity contribution is -0.115. The summed E-state index contributed by atoms with van der Waals surface area (Å²) < 4.78 is 53.0. The molecule has 0 aromatic heterocycles. The van der Waals surface area contributed by atoms with Crippen LogP contribution in [0.4, 0.5) is 14.5 Å². The topological polar surface area (TPSA) is 86.8 Å². The van der Waals surface area contributed by atoms with Crippen molar-refractivity contribution >= 4 is 27.5 Å². The molecule has 3 rings (SSSR count). The lowest BCUT2D eigenvalue weighted by Gasteiger charge is -2.34. The van der Waals surface area contributed by atoms with Crippen molar-refractivity contribution in [1.29, 1.82) is 0 Å². The SMILES string of the molecule is CCC(=O)Nc1cccc(C(=O)N2CCN(S(=O)(=O)c3ccc(F)c(F)c3)CC2)c1. The van der Waals surface area contributed by atoms with Crippen LogP contribution in [0, 0.1) is 11.6 Å². The van der Waals surface area contributed by atoms with Crippen molar-refractivity contribution in [1.82, 2.24) is 9.21 Å². The summed E-state index contributed by atoms with van der Waals surface area (Å²) in [5, 5.41) is 2.69. The number of nitrogens with zero attached hydrogens (tertiary/aromatic N) is 2. The molecule has 1 aliphatic heterocycles. The van der Waals surface area contributed by atoms with E-state index >= 15 is 0 Å². The number of nitrogens with one attached hydrogen (secondary N) is 1. The van der Waals surface area contributed by atoms with Crippen molar-refractivity contribution < 1.29 is 26.8 Å². The number of sulfonamides is 1. The minimum atomic E-state index is -4.00. The fourth-order valence-electron chi connectivity index (χ4n) is 3.08. The number of carbonyl (C=O) groups is 2. The number of amides is 2. The molecule has 0 saturated carbocycles. The number of rotatable bonds is 5. The third kappa shape index (κ3) is 4.65. The highest BCUT2D eigenvalue weighted by Crippen LogP contribution is 2.21. The fourth-order valence-corrected chi connectivity index (χ4v) is 4.51. The second-order valence-electron chi connectivity index (χ2n) is 6.75. The zero-order valence-electron chi connectivity index (χ0n) is 16.3. The van der Waals surface area contributed by atoms with E-state index in [9.17, 15) is 26.8 Å². The third-order valence-electron chi connectivity index (χ3n) is 4.77. The van der Waals surface area contributed by atoms with Crippen LogP contribution < -0.4 is 5.32 Å². The van der Waals surface area contributed by atoms with E-state index in [0.717, 1.165) is 16.4 Å². The van der Waals surface area contributed by atoms with Crippen molar-refractivity contribution in [3.05, 3.63) is 59.7 Å². The van der Waals surface area contributed by atoms with Gasteiger partial charge in [-0.1, -0.05) is 13.0 Å². The quantitative estimate of drug-likeness (QED) is 0.779. The van der Waals surface area contributed by atoms with Gasteiger partial charge in [-0.15, -0.1) is 0 Å². The van der Waals surface area contributed by atoms with Crippen LogP contribution in [0.25, 0.3) is 0 Å². The van der Waals surface area contributed by atoms with Crippen molar-refractivity contribution in [3.63, 3.8) is 0 Å². The Bertz CT molecular complexity index is 1070. The van der Waals surface area contributed by atoms with Crippen LogP contribution in [0.1, 0.15) is 23.7 Å². The summed E-state index contributed by atoms with van der Waals surface area (Å²) in [5.41, 5.74) is 0.882. The third-order valence-corrected chi connectivity index (χ3v) is 6.66. The van der Waals surface area contributed by atoms with Crippen molar-refractivity contribution in [2.24, 2.45) is 0 Å². The van der Waals surface area contributed by atoms with Gasteiger partial charge in [0, 0.05) is 43.9 Å². The zero-order chi connectivity index (χ0) is 21.9. The summed E-state index contributed by atoms with van der Waals surface area (Å²) >= 11 is 0. The second-order valence-corrected chi connectivity index (χ2v) is 8.69. The van der Waals surface area contributed by atoms with Crippen LogP contribution in [0.5, 0.6) is 0 Å². The molecule has 10 heteroatoms. The summed E-state index contributed by atoms with van der Waals surface area (Å²) in [6, 6.07) is 8.96. The molecule has 1 fully saturated rings. The Morgan fingerprint density at radius 1 is 1.00 bits per heavy atom. The molecule has 0 radical (unpaired) electrons. The van der Waals surface area contributed by atoms with Crippen LogP contribution >= 0.6 is 0 Å². The Morgan fingerprint density at radius 3 is 2.33 bits per heavy atom. The molecular weight excluding hydrogens is 416 g/mol. The first-order chi connectivity index (χ1) is 14.2. The van der Waals surface area contributed by atoms with E-state index in [-0.39, 0.29) is 42.9 Å². The predicted molar refractivity (Wildman–Crippen MR) is 106 cm³/mol. The van der Waals surface area contributed by atoms with E-state index in [1.165, 1.54) is 4.90 Å². The molecule has 1 N–H and O–H groups in total. The highest BCUT2D eigenvalue weighted by Gasteiger charge is 2.31. The van der Waals surface area contributed by atoms with Gasteiger partial charge in [-0.3, -0.25) is 9.59 Å². The summed E-state index contributed by atoms with van der Waals surface area (Å²) in [6.07, 6.45) is 0.312. The molecule has 1 aliphatic rings. The van der Waals surface area contributed by atoms with E-state index in [1.807, 2.05) is 0 Å². The molecule has 0 spiro atoms. The van der Waals surface area contributed by atoms with Gasteiger partial charge < -0.3 is 10.2 Å². The Kier molecular flexibility index (Phi) is 6.47. The Balaban J connectivity index is 1.68. The van der Waals surface area contributed by atoms with Gasteiger partial charge in [0.1, 0.15) is 0 Å². The molecule has 1 saturated heterocycles. The number of piperazine rings is 1. The summed E-state index contributed by atoms with van der Waals surface area (Å²) in [5.74, 6) is -2.82. The molecule has 0 bridgehead atoms. The van der Waals surface area contributed by atoms with E-state index in [4.69, 9.17) is 0 Å². The van der Waals surface area contributed by atoms with Gasteiger partial charge in [0.15, 0.2) is 11.6 Å². The maximum Gasteiger partial charge on any atom is 0.254 e. The zero-order valence-corrected chi connectivity index (χ0v) is 17.1. The van der Waals surface area contributed by atoms with E-state index in [2.05, 4.69) is 5.32 Å². The van der Waals surface area contributed by atoms with E-state index in [0.29, 0.717) is 23.7 Å². The minimum Gasteiger partial charge on any atom is -0.336 e. The molecule has 2 aromatic carbocycles. The highest BCUT2D eigenvalue weighted by molar-refractivity contribution is 7.89. The first-order valence-corrected chi connectivity index (χ1v) is 10.8. The van der Waals surface area contributed by atoms with Gasteiger partial charge in [0.2, 0.25) is 15.9 Å². The number of benzene rings is 2. The van der Waals surface area contributed by atoms with Crippen molar-refractivity contribution in [3.8, 4) is 0 Å². The van der Waals surface area contributed by atoms with Gasteiger partial charge in [-0.05, 0) is 36.4 Å². The van der Waals surface area contributed by atoms with Crippen LogP contribution in [0.15, 0.2) is 47.4 Å². The van der Waals surface area contributed by atoms with Gasteiger partial charge in [-0.2, -0.15) is 4.31 Å². The first-order valence-electron chi connectivity index (χ1n) is 9.36. The molecule has 160 valence electrons. The molecular formula is C20H21F2N3O4S. The maximum absolute atomic E-state index is 13.4. The molecule has 30 heavy (non-hydrogen) atoms. The summed E-state index contributed by atoms with van der Waals surface area (Å²) in [4.78, 5) is 25.5. The van der Waals surface area contributed by atoms with Gasteiger partial charge in [0.05, 0.1) is 4.90 Å². The lowest BCUT2D eigenvalue weighted by Crippen LogP contribution is -2.50. The van der Waals surface area contributed by atoms with Gasteiger partial charge >= 0.3 is 0 Å². The monoisotopic (exact) mass is 437 g/mol. The summed E-state index contributed by atoms with van der Waals surface area (Å²) in [6.45, 7) is 2.07. The van der Waals surface area contributed by atoms with Crippen LogP contribution in [0.2, 0.25) is 0 Å². The second kappa shape index (κ2) is 8.88. The molecule has 1 heterocycles. The standard InChI is InChI=1S/C20H21F2N3O4S/c1-2-19(26)23-15-5-3-4-14(12-15)20(27)24-8-10-25(11-9-24)30(28,29)16-6-7-17(21)18(22)13-16/h3-7,12-13H,2,8-11H2,1H3,(H,23,26). The molecule has 0 atom stereocenters. The molecule has 7 nitrogen and oxygen atoms in total. The van der Waals surface area contributed by atoms with Crippen LogP contribution in [0.3, 0.4) is 0 Å². The number of hydrogen-bond acceptors (Lipinski definition) is 4. The number of carbonyl (C=O) groups excluding carboxylic acids is 2. The Morgan fingerprint density at radius 2 is 1.70 bits per heavy atom. The first kappa shape index (κ1) is 21.8.